The first-order valence-corrected chi connectivity index (χ1v) is 18.4. The van der Waals surface area contributed by atoms with Crippen molar-refractivity contribution in [3.63, 3.8) is 0 Å². The van der Waals surface area contributed by atoms with Crippen LogP contribution in [0.2, 0.25) is 0 Å². The van der Waals surface area contributed by atoms with E-state index in [0.29, 0.717) is 0 Å². The lowest BCUT2D eigenvalue weighted by atomic mass is 9.86. The van der Waals surface area contributed by atoms with E-state index in [1.807, 2.05) is 0 Å². The molecule has 0 spiro atoms. The Balaban J connectivity index is 2.32. The number of sulfone groups is 2. The molecule has 0 unspecified atom stereocenters. The number of rotatable bonds is 5. The van der Waals surface area contributed by atoms with Crippen molar-refractivity contribution in [3.05, 3.63) is 113 Å². The number of nitriles is 2. The Bertz CT molecular complexity index is 2930. The van der Waals surface area contributed by atoms with Crippen LogP contribution in [0.25, 0.3) is 43.3 Å². The van der Waals surface area contributed by atoms with Gasteiger partial charge in [-0.2, -0.15) is 20.2 Å². The van der Waals surface area contributed by atoms with Crippen molar-refractivity contribution in [1.82, 2.24) is 0 Å². The van der Waals surface area contributed by atoms with Crippen LogP contribution in [0.4, 0.5) is 48.3 Å². The van der Waals surface area contributed by atoms with Crippen molar-refractivity contribution in [2.45, 2.75) is 35.9 Å². The van der Waals surface area contributed by atoms with Crippen molar-refractivity contribution in [2.75, 3.05) is 12.5 Å². The van der Waals surface area contributed by atoms with Crippen molar-refractivity contribution in [3.8, 4) is 34.4 Å². The maximum Gasteiger partial charge on any atom is 0.573 e. The summed E-state index contributed by atoms with van der Waals surface area (Å²) in [5.41, 5.74) is -12.2. The average Bonchev–Trinajstić information content (AvgIpc) is 3.60. The molecule has 2 aliphatic rings. The van der Waals surface area contributed by atoms with Gasteiger partial charge in [-0.05, 0) is 40.8 Å². The van der Waals surface area contributed by atoms with Crippen molar-refractivity contribution in [2.24, 2.45) is 0 Å². The van der Waals surface area contributed by atoms with Crippen LogP contribution in [0.3, 0.4) is 0 Å². The topological polar surface area (TPSA) is 134 Å². The number of benzene rings is 3. The molecule has 0 radical (unpaired) electrons. The highest BCUT2D eigenvalue weighted by Gasteiger charge is 2.44. The highest BCUT2D eigenvalue weighted by molar-refractivity contribution is 7.91. The van der Waals surface area contributed by atoms with E-state index in [0.717, 1.165) is 6.92 Å². The first-order chi connectivity index (χ1) is 25.8. The Labute approximate surface area is 307 Å². The molecule has 2 aliphatic carbocycles. The third kappa shape index (κ3) is 6.11. The molecule has 0 saturated carbocycles. The second-order valence-electron chi connectivity index (χ2n) is 11.9. The molecule has 22 heteroatoms. The summed E-state index contributed by atoms with van der Waals surface area (Å²) in [6.07, 6.45) is -8.10. The van der Waals surface area contributed by atoms with E-state index in [1.165, 1.54) is 12.1 Å². The Hall–Kier alpha value is -6.23. The smallest absolute Gasteiger partial charge is 0.405 e. The normalized spacial score (nSPS) is 13.8. The Kier molecular flexibility index (Phi) is 9.88. The summed E-state index contributed by atoms with van der Waals surface area (Å²) in [5, 5.41) is 16.9. The Morgan fingerprint density at radius 2 is 1.00 bits per heavy atom. The van der Waals surface area contributed by atoms with Crippen LogP contribution >= 0.6 is 0 Å². The minimum Gasteiger partial charge on any atom is -0.405 e. The number of hydrogen-bond acceptors (Lipinski definition) is 7. The van der Waals surface area contributed by atoms with Crippen LogP contribution in [0.1, 0.15) is 18.1 Å². The van der Waals surface area contributed by atoms with E-state index in [1.54, 1.807) is 0 Å². The minimum absolute atomic E-state index is 0.130. The van der Waals surface area contributed by atoms with Crippen molar-refractivity contribution >= 4 is 31.0 Å². The third-order valence-corrected chi connectivity index (χ3v) is 10.9. The van der Waals surface area contributed by atoms with Gasteiger partial charge in [0.15, 0.2) is 66.2 Å². The minimum atomic E-state index is -5.90. The highest BCUT2D eigenvalue weighted by atomic mass is 32.2. The second kappa shape index (κ2) is 13.5. The fraction of sp³-hybridized carbons (Fsp3) is 0.176. The zero-order valence-corrected chi connectivity index (χ0v) is 29.4. The SMILES string of the molecule is [C-]#[N+]C([N+]#[C-])=C1Cc2c(-c3c(F)c(F)c(S(C)(=O)=O)c(F)c3F)c3c(c(-c4c(F)c(F)c(S(C)(=O)=O)c(F)c4F)c2=C1C)CC(=C(C#N)C#N)C=3OC(F)(F)F. The number of nitrogens with zero attached hydrogens (tertiary/aromatic N) is 4. The second-order valence-corrected chi connectivity index (χ2v) is 15.8. The summed E-state index contributed by atoms with van der Waals surface area (Å²) in [6, 6.07) is 2.40. The predicted molar refractivity (Wildman–Crippen MR) is 168 cm³/mol. The standard InChI is InChI=1S/C34H13F11N4O5S2/c1-10-12(33(48-2)49-3)6-14-16(10)17(20-22(35)26(39)31(55(4,50)51)27(40)23(20)36)15-7-13(11(8-46)9-47)30(54-34(43,44)45)19(15)18(14)21-24(37)28(41)32(56(5,52)53)29(42)25(21)38/h6-7H2,1,4-5H3. The fourth-order valence-corrected chi connectivity index (χ4v) is 8.26. The summed E-state index contributed by atoms with van der Waals surface area (Å²) >= 11 is 0. The fourth-order valence-electron chi connectivity index (χ4n) is 6.60. The van der Waals surface area contributed by atoms with E-state index in [-0.39, 0.29) is 12.5 Å². The third-order valence-electron chi connectivity index (χ3n) is 8.66. The number of ether oxygens (including phenoxy) is 1. The number of alkyl halides is 3. The molecule has 0 bridgehead atoms. The van der Waals surface area contributed by atoms with Crippen LogP contribution in [0, 0.1) is 82.3 Å². The van der Waals surface area contributed by atoms with Gasteiger partial charge >= 0.3 is 12.2 Å². The predicted octanol–water partition coefficient (Wildman–Crippen LogP) is 6.26. The van der Waals surface area contributed by atoms with Gasteiger partial charge in [0.1, 0.15) is 46.4 Å². The lowest BCUT2D eigenvalue weighted by Gasteiger charge is -2.20. The molecule has 9 nitrogen and oxygen atoms in total. The maximum absolute atomic E-state index is 16.2. The monoisotopic (exact) mass is 830 g/mol. The molecule has 56 heavy (non-hydrogen) atoms. The summed E-state index contributed by atoms with van der Waals surface area (Å²) in [6.45, 7) is 15.8. The number of allylic oxidation sites excluding steroid dienone is 2. The van der Waals surface area contributed by atoms with Crippen LogP contribution in [-0.4, -0.2) is 35.7 Å². The largest absolute Gasteiger partial charge is 0.573 e. The molecule has 0 aliphatic heterocycles. The molecule has 3 aromatic rings. The zero-order chi connectivity index (χ0) is 42.3. The average molecular weight is 831 g/mol. The summed E-state index contributed by atoms with van der Waals surface area (Å²) in [7, 11) is -10.3. The first-order valence-electron chi connectivity index (χ1n) is 14.6. The highest BCUT2D eigenvalue weighted by Crippen LogP contribution is 2.45. The maximum atomic E-state index is 16.2. The van der Waals surface area contributed by atoms with Gasteiger partial charge in [-0.15, -0.1) is 13.2 Å². The Morgan fingerprint density at radius 1 is 0.643 bits per heavy atom. The summed E-state index contributed by atoms with van der Waals surface area (Å²) < 4.78 is 222. The van der Waals surface area contributed by atoms with Gasteiger partial charge in [0.25, 0.3) is 0 Å². The van der Waals surface area contributed by atoms with Crippen molar-refractivity contribution < 1.29 is 69.9 Å². The molecule has 0 saturated heterocycles. The molecule has 288 valence electrons. The van der Waals surface area contributed by atoms with Gasteiger partial charge in [0.2, 0.25) is 0 Å². The lowest BCUT2D eigenvalue weighted by Crippen LogP contribution is -2.28. The van der Waals surface area contributed by atoms with E-state index in [2.05, 4.69) is 14.4 Å². The van der Waals surface area contributed by atoms with Crippen LogP contribution < -0.4 is 10.4 Å². The molecule has 0 atom stereocenters. The number of hydrogen-bond donors (Lipinski definition) is 0. The van der Waals surface area contributed by atoms with Gasteiger partial charge in [-0.3, -0.25) is 0 Å². The molecule has 5 rings (SSSR count). The number of halogens is 11. The van der Waals surface area contributed by atoms with Crippen LogP contribution in [0.5, 0.6) is 0 Å². The summed E-state index contributed by atoms with van der Waals surface area (Å²) in [4.78, 5) is 1.57. The molecule has 0 aromatic heterocycles. The van der Waals surface area contributed by atoms with Gasteiger partial charge < -0.3 is 4.74 Å². The lowest BCUT2D eigenvalue weighted by molar-refractivity contribution is -0.290. The Morgan fingerprint density at radius 3 is 1.34 bits per heavy atom. The van der Waals surface area contributed by atoms with Gasteiger partial charge in [-0.1, -0.05) is 0 Å². The number of fused-ring (bicyclic) bond motifs is 2. The molecule has 0 fully saturated rings. The van der Waals surface area contributed by atoms with E-state index in [9.17, 15) is 40.5 Å². The van der Waals surface area contributed by atoms with Crippen LogP contribution in [0.15, 0.2) is 32.3 Å². The molecule has 3 aromatic carbocycles. The van der Waals surface area contributed by atoms with E-state index < -0.39 is 173 Å². The molecular formula is C34H13F11N4O5S2. The van der Waals surface area contributed by atoms with E-state index >= 15 is 35.1 Å². The van der Waals surface area contributed by atoms with Crippen molar-refractivity contribution in [1.29, 1.82) is 10.5 Å². The molecule has 0 N–H and O–H groups in total. The molecule has 0 amide bonds. The van der Waals surface area contributed by atoms with E-state index in [4.69, 9.17) is 13.1 Å². The first kappa shape index (κ1) is 40.9. The summed E-state index contributed by atoms with van der Waals surface area (Å²) in [5.74, 6) is -23.4. The van der Waals surface area contributed by atoms with Gasteiger partial charge in [0.05, 0.1) is 16.7 Å². The van der Waals surface area contributed by atoms with Crippen LogP contribution in [-0.2, 0) is 37.3 Å². The molecular weight excluding hydrogens is 818 g/mol. The van der Waals surface area contributed by atoms with Gasteiger partial charge in [0, 0.05) is 35.3 Å². The molecule has 0 heterocycles. The quantitative estimate of drug-likeness (QED) is 0.128. The van der Waals surface area contributed by atoms with Gasteiger partial charge in [-0.25, -0.2) is 52.0 Å². The zero-order valence-electron chi connectivity index (χ0n) is 27.7.